The van der Waals surface area contributed by atoms with E-state index in [0.29, 0.717) is 35.5 Å². The lowest BCUT2D eigenvalue weighted by atomic mass is 10.3. The van der Waals surface area contributed by atoms with Crippen LogP contribution in [0.5, 0.6) is 11.8 Å². The number of rotatable bonds is 6. The van der Waals surface area contributed by atoms with Crippen LogP contribution in [0.1, 0.15) is 30.0 Å². The molecule has 0 N–H and O–H groups in total. The lowest BCUT2D eigenvalue weighted by molar-refractivity contribution is 0.101. The Bertz CT molecular complexity index is 657. The van der Waals surface area contributed by atoms with Crippen molar-refractivity contribution in [2.24, 2.45) is 0 Å². The van der Waals surface area contributed by atoms with Gasteiger partial charge in [-0.1, -0.05) is 6.58 Å². The molecule has 0 amide bonds. The molecule has 0 spiro atoms. The van der Waals surface area contributed by atoms with Gasteiger partial charge in [-0.15, -0.1) is 20.4 Å². The number of ketones is 1. The topological polar surface area (TPSA) is 96.3 Å². The number of hydrogen-bond acceptors (Lipinski definition) is 8. The summed E-state index contributed by atoms with van der Waals surface area (Å²) in [7, 11) is 3.04. The molecule has 24 heavy (non-hydrogen) atoms. The number of carbonyl (C=O) groups is 1. The third-order valence-corrected chi connectivity index (χ3v) is 2.66. The molecule has 8 heteroatoms. The molecule has 0 unspecified atom stereocenters. The second kappa shape index (κ2) is 9.88. The first-order valence-corrected chi connectivity index (χ1v) is 7.10. The zero-order chi connectivity index (χ0) is 17.9. The van der Waals surface area contributed by atoms with Crippen LogP contribution in [-0.4, -0.2) is 47.0 Å². The van der Waals surface area contributed by atoms with Crippen molar-refractivity contribution in [2.75, 3.05) is 20.8 Å². The van der Waals surface area contributed by atoms with E-state index in [9.17, 15) is 4.79 Å². The van der Waals surface area contributed by atoms with Crippen LogP contribution in [0.4, 0.5) is 0 Å². The predicted octanol–water partition coefficient (Wildman–Crippen LogP) is 2.18. The second-order valence-corrected chi connectivity index (χ2v) is 4.33. The highest BCUT2D eigenvalue weighted by atomic mass is 16.5. The van der Waals surface area contributed by atoms with Gasteiger partial charge >= 0.3 is 0 Å². The van der Waals surface area contributed by atoms with Gasteiger partial charge in [0.1, 0.15) is 17.1 Å². The Balaban J connectivity index is 0.000000243. The fourth-order valence-corrected chi connectivity index (χ4v) is 1.44. The zero-order valence-corrected chi connectivity index (χ0v) is 14.1. The largest absolute Gasteiger partial charge is 0.492 e. The van der Waals surface area contributed by atoms with E-state index >= 15 is 0 Å². The highest BCUT2D eigenvalue weighted by Crippen LogP contribution is 2.11. The van der Waals surface area contributed by atoms with Gasteiger partial charge in [0.15, 0.2) is 5.78 Å². The standard InChI is InChI=1S/C9H12N2O2.C7H8N2O2/c1-4-13-7(2)8-5-6-9(12-3)11-10-8;1-5(10)6-3-4-7(11-2)9-8-6/h5-6H,2,4H2,1,3H3;3-4H,1-2H3. The third kappa shape index (κ3) is 5.99. The van der Waals surface area contributed by atoms with Crippen LogP contribution in [0.15, 0.2) is 30.8 Å². The molecular formula is C16H20N4O4. The molecule has 2 heterocycles. The Hall–Kier alpha value is -3.03. The smallest absolute Gasteiger partial charge is 0.233 e. The normalized spacial score (nSPS) is 9.33. The first-order valence-electron chi connectivity index (χ1n) is 7.10. The number of hydrogen-bond donors (Lipinski definition) is 0. The molecule has 0 aliphatic rings. The van der Waals surface area contributed by atoms with Crippen molar-refractivity contribution in [1.29, 1.82) is 0 Å². The van der Waals surface area contributed by atoms with E-state index in [2.05, 4.69) is 27.0 Å². The van der Waals surface area contributed by atoms with Gasteiger partial charge in [0.05, 0.1) is 20.8 Å². The van der Waals surface area contributed by atoms with Gasteiger partial charge in [0.2, 0.25) is 11.8 Å². The molecule has 2 rings (SSSR count). The lowest BCUT2D eigenvalue weighted by Gasteiger charge is -2.04. The molecule has 0 radical (unpaired) electrons. The van der Waals surface area contributed by atoms with E-state index in [1.807, 2.05) is 6.92 Å². The van der Waals surface area contributed by atoms with Gasteiger partial charge in [0.25, 0.3) is 0 Å². The summed E-state index contributed by atoms with van der Waals surface area (Å²) in [4.78, 5) is 10.7. The molecule has 0 aliphatic carbocycles. The molecule has 0 saturated heterocycles. The van der Waals surface area contributed by atoms with Gasteiger partial charge in [-0.25, -0.2) is 0 Å². The summed E-state index contributed by atoms with van der Waals surface area (Å²) in [6.45, 7) is 7.61. The maximum Gasteiger partial charge on any atom is 0.233 e. The molecule has 0 fully saturated rings. The molecule has 0 bridgehead atoms. The number of carbonyl (C=O) groups excluding carboxylic acids is 1. The number of methoxy groups -OCH3 is 2. The highest BCUT2D eigenvalue weighted by Gasteiger charge is 2.02. The van der Waals surface area contributed by atoms with Crippen molar-refractivity contribution in [2.45, 2.75) is 13.8 Å². The van der Waals surface area contributed by atoms with Crippen LogP contribution in [0.3, 0.4) is 0 Å². The maximum absolute atomic E-state index is 10.7. The van der Waals surface area contributed by atoms with Crippen molar-refractivity contribution in [3.05, 3.63) is 42.2 Å². The number of ether oxygens (including phenoxy) is 3. The summed E-state index contributed by atoms with van der Waals surface area (Å²) >= 11 is 0. The Morgan fingerprint density at radius 1 is 0.958 bits per heavy atom. The summed E-state index contributed by atoms with van der Waals surface area (Å²) in [5, 5.41) is 14.9. The zero-order valence-electron chi connectivity index (χ0n) is 14.1. The average Bonchev–Trinajstić information content (AvgIpc) is 2.62. The van der Waals surface area contributed by atoms with E-state index in [1.54, 1.807) is 31.4 Å². The van der Waals surface area contributed by atoms with E-state index in [1.165, 1.54) is 14.0 Å². The van der Waals surface area contributed by atoms with Crippen molar-refractivity contribution < 1.29 is 19.0 Å². The van der Waals surface area contributed by atoms with E-state index < -0.39 is 0 Å². The Kier molecular flexibility index (Phi) is 7.83. The Morgan fingerprint density at radius 2 is 1.46 bits per heavy atom. The maximum atomic E-state index is 10.7. The number of aromatic nitrogens is 4. The monoisotopic (exact) mass is 332 g/mol. The molecular weight excluding hydrogens is 312 g/mol. The van der Waals surface area contributed by atoms with Crippen molar-refractivity contribution in [3.8, 4) is 11.8 Å². The molecule has 128 valence electrons. The predicted molar refractivity (Wildman–Crippen MR) is 87.8 cm³/mol. The van der Waals surface area contributed by atoms with Gasteiger partial charge in [0, 0.05) is 19.1 Å². The van der Waals surface area contributed by atoms with Crippen LogP contribution in [0.25, 0.3) is 5.76 Å². The Labute approximate surface area is 140 Å². The summed E-state index contributed by atoms with van der Waals surface area (Å²) in [6.07, 6.45) is 0. The molecule has 0 saturated carbocycles. The first kappa shape index (κ1) is 19.0. The van der Waals surface area contributed by atoms with Gasteiger partial charge in [-0.05, 0) is 19.1 Å². The van der Waals surface area contributed by atoms with Gasteiger partial charge < -0.3 is 14.2 Å². The summed E-state index contributed by atoms with van der Waals surface area (Å²) < 4.78 is 14.8. The summed E-state index contributed by atoms with van der Waals surface area (Å²) in [5.41, 5.74) is 0.980. The van der Waals surface area contributed by atoms with Crippen LogP contribution < -0.4 is 9.47 Å². The molecule has 0 atom stereocenters. The molecule has 8 nitrogen and oxygen atoms in total. The minimum atomic E-state index is -0.0971. The van der Waals surface area contributed by atoms with Crippen LogP contribution in [0, 0.1) is 0 Å². The summed E-state index contributed by atoms with van der Waals surface area (Å²) in [5.74, 6) is 1.32. The van der Waals surface area contributed by atoms with Crippen LogP contribution in [-0.2, 0) is 4.74 Å². The number of Topliss-reactive ketones (excluding diaryl/α,β-unsaturated/α-hetero) is 1. The first-order chi connectivity index (χ1) is 11.5. The van der Waals surface area contributed by atoms with E-state index in [4.69, 9.17) is 14.2 Å². The van der Waals surface area contributed by atoms with Crippen molar-refractivity contribution in [3.63, 3.8) is 0 Å². The van der Waals surface area contributed by atoms with E-state index in [-0.39, 0.29) is 5.78 Å². The quantitative estimate of drug-likeness (QED) is 0.586. The van der Waals surface area contributed by atoms with Crippen molar-refractivity contribution >= 4 is 11.5 Å². The average molecular weight is 332 g/mol. The SMILES string of the molecule is C=C(OCC)c1ccc(OC)nn1.COc1ccc(C(C)=O)nn1. The summed E-state index contributed by atoms with van der Waals surface area (Å²) in [6, 6.07) is 6.65. The third-order valence-electron chi connectivity index (χ3n) is 2.66. The van der Waals surface area contributed by atoms with Crippen LogP contribution >= 0.6 is 0 Å². The van der Waals surface area contributed by atoms with Gasteiger partial charge in [-0.2, -0.15) is 0 Å². The highest BCUT2D eigenvalue weighted by molar-refractivity contribution is 5.91. The van der Waals surface area contributed by atoms with Crippen molar-refractivity contribution in [1.82, 2.24) is 20.4 Å². The van der Waals surface area contributed by atoms with Crippen LogP contribution in [0.2, 0.25) is 0 Å². The molecule has 2 aromatic rings. The molecule has 0 aromatic carbocycles. The molecule has 0 aliphatic heterocycles. The fourth-order valence-electron chi connectivity index (χ4n) is 1.44. The Morgan fingerprint density at radius 3 is 1.79 bits per heavy atom. The number of nitrogens with zero attached hydrogens (tertiary/aromatic N) is 4. The minimum Gasteiger partial charge on any atom is -0.492 e. The molecule has 2 aromatic heterocycles. The minimum absolute atomic E-state index is 0.0971. The fraction of sp³-hybridized carbons (Fsp3) is 0.312. The van der Waals surface area contributed by atoms with Gasteiger partial charge in [-0.3, -0.25) is 4.79 Å². The second-order valence-electron chi connectivity index (χ2n) is 4.33. The lowest BCUT2D eigenvalue weighted by Crippen LogP contribution is -1.99. The van der Waals surface area contributed by atoms with E-state index in [0.717, 1.165) is 0 Å².